The number of nitrogens with zero attached hydrogens (tertiary/aromatic N) is 1. The number of anilines is 1. The van der Waals surface area contributed by atoms with E-state index in [0.29, 0.717) is 11.8 Å². The molecule has 4 rings (SSSR count). The number of hydrogen-bond donors (Lipinski definition) is 2. The molecule has 1 saturated heterocycles. The van der Waals surface area contributed by atoms with E-state index in [4.69, 9.17) is 0 Å². The molecular formula is C21H24N2O2. The average molecular weight is 336 g/mol. The number of amides is 2. The molecule has 2 aliphatic rings. The first-order valence-corrected chi connectivity index (χ1v) is 8.94. The Morgan fingerprint density at radius 3 is 2.24 bits per heavy atom. The van der Waals surface area contributed by atoms with Crippen LogP contribution in [-0.2, 0) is 5.60 Å². The molecule has 1 aliphatic carbocycles. The Morgan fingerprint density at radius 2 is 1.64 bits per heavy atom. The van der Waals surface area contributed by atoms with Crippen LogP contribution in [0.5, 0.6) is 0 Å². The largest absolute Gasteiger partial charge is 0.385 e. The SMILES string of the molecule is Cc1ccc(NC(=O)N2C[C@@H]3C[C@@](O)(c4ccccc4)C[C@@H]3C2)cc1. The van der Waals surface area contributed by atoms with Gasteiger partial charge < -0.3 is 15.3 Å². The van der Waals surface area contributed by atoms with E-state index in [0.717, 1.165) is 37.2 Å². The van der Waals surface area contributed by atoms with Gasteiger partial charge in [0.05, 0.1) is 5.60 Å². The Morgan fingerprint density at radius 1 is 1.04 bits per heavy atom. The maximum absolute atomic E-state index is 12.5. The zero-order valence-electron chi connectivity index (χ0n) is 14.5. The third-order valence-electron chi connectivity index (χ3n) is 5.68. The molecule has 0 radical (unpaired) electrons. The normalized spacial score (nSPS) is 28.0. The van der Waals surface area contributed by atoms with Gasteiger partial charge in [-0.25, -0.2) is 4.79 Å². The highest BCUT2D eigenvalue weighted by Crippen LogP contribution is 2.48. The van der Waals surface area contributed by atoms with Crippen molar-refractivity contribution in [2.24, 2.45) is 11.8 Å². The molecule has 0 aromatic heterocycles. The monoisotopic (exact) mass is 336 g/mol. The summed E-state index contributed by atoms with van der Waals surface area (Å²) in [6.45, 7) is 3.47. The van der Waals surface area contributed by atoms with E-state index < -0.39 is 5.60 Å². The van der Waals surface area contributed by atoms with Gasteiger partial charge in [0.1, 0.15) is 0 Å². The highest BCUT2D eigenvalue weighted by molar-refractivity contribution is 5.89. The molecule has 2 aromatic carbocycles. The molecule has 0 bridgehead atoms. The van der Waals surface area contributed by atoms with Gasteiger partial charge in [0.15, 0.2) is 0 Å². The molecule has 1 saturated carbocycles. The highest BCUT2D eigenvalue weighted by Gasteiger charge is 2.49. The number of nitrogens with one attached hydrogen (secondary N) is 1. The number of likely N-dealkylation sites (tertiary alicyclic amines) is 1. The van der Waals surface area contributed by atoms with Gasteiger partial charge in [-0.15, -0.1) is 0 Å². The van der Waals surface area contributed by atoms with Crippen LogP contribution in [0.1, 0.15) is 24.0 Å². The van der Waals surface area contributed by atoms with Crippen LogP contribution in [0, 0.1) is 18.8 Å². The first kappa shape index (κ1) is 16.2. The number of aryl methyl sites for hydroxylation is 1. The first-order valence-electron chi connectivity index (χ1n) is 8.94. The zero-order valence-corrected chi connectivity index (χ0v) is 14.5. The van der Waals surface area contributed by atoms with Gasteiger partial charge in [0, 0.05) is 18.8 Å². The molecule has 4 nitrogen and oxygen atoms in total. The zero-order chi connectivity index (χ0) is 17.4. The lowest BCUT2D eigenvalue weighted by Crippen LogP contribution is -2.35. The minimum atomic E-state index is -0.740. The van der Waals surface area contributed by atoms with Crippen LogP contribution in [-0.4, -0.2) is 29.1 Å². The van der Waals surface area contributed by atoms with Crippen LogP contribution < -0.4 is 5.32 Å². The Labute approximate surface area is 148 Å². The van der Waals surface area contributed by atoms with E-state index in [2.05, 4.69) is 5.32 Å². The molecule has 130 valence electrons. The van der Waals surface area contributed by atoms with E-state index in [1.165, 1.54) is 5.56 Å². The minimum Gasteiger partial charge on any atom is -0.385 e. The molecule has 25 heavy (non-hydrogen) atoms. The van der Waals surface area contributed by atoms with Gasteiger partial charge in [-0.05, 0) is 49.3 Å². The summed E-state index contributed by atoms with van der Waals surface area (Å²) >= 11 is 0. The van der Waals surface area contributed by atoms with Crippen molar-refractivity contribution in [3.05, 3.63) is 65.7 Å². The molecule has 3 atom stereocenters. The molecule has 0 spiro atoms. The molecule has 4 heteroatoms. The Kier molecular flexibility index (Phi) is 4.00. The van der Waals surface area contributed by atoms with E-state index in [1.807, 2.05) is 66.4 Å². The van der Waals surface area contributed by atoms with Crippen molar-refractivity contribution in [1.29, 1.82) is 0 Å². The van der Waals surface area contributed by atoms with Gasteiger partial charge in [-0.1, -0.05) is 48.0 Å². The molecular weight excluding hydrogens is 312 g/mol. The second kappa shape index (κ2) is 6.19. The number of rotatable bonds is 2. The van der Waals surface area contributed by atoms with Gasteiger partial charge in [-0.2, -0.15) is 0 Å². The van der Waals surface area contributed by atoms with Crippen molar-refractivity contribution in [3.63, 3.8) is 0 Å². The number of hydrogen-bond acceptors (Lipinski definition) is 2. The third kappa shape index (κ3) is 3.14. The Hall–Kier alpha value is -2.33. The molecule has 2 fully saturated rings. The van der Waals surface area contributed by atoms with E-state index in [1.54, 1.807) is 0 Å². The van der Waals surface area contributed by atoms with E-state index >= 15 is 0 Å². The number of aliphatic hydroxyl groups is 1. The minimum absolute atomic E-state index is 0.0403. The standard InChI is InChI=1S/C21H24N2O2/c1-15-7-9-19(10-8-15)22-20(24)23-13-16-11-21(25,12-17(16)14-23)18-5-3-2-4-6-18/h2-10,16-17,25H,11-14H2,1H3,(H,22,24)/t16-,17+,21-. The van der Waals surface area contributed by atoms with Crippen LogP contribution in [0.2, 0.25) is 0 Å². The van der Waals surface area contributed by atoms with Crippen molar-refractivity contribution in [2.75, 3.05) is 18.4 Å². The molecule has 2 N–H and O–H groups in total. The topological polar surface area (TPSA) is 52.6 Å². The van der Waals surface area contributed by atoms with E-state index in [-0.39, 0.29) is 6.03 Å². The summed E-state index contributed by atoms with van der Waals surface area (Å²) in [6.07, 6.45) is 1.46. The smallest absolute Gasteiger partial charge is 0.321 e. The predicted molar refractivity (Wildman–Crippen MR) is 98.3 cm³/mol. The first-order chi connectivity index (χ1) is 12.0. The molecule has 2 aromatic rings. The van der Waals surface area contributed by atoms with Crippen molar-refractivity contribution in [1.82, 2.24) is 4.90 Å². The Balaban J connectivity index is 1.39. The van der Waals surface area contributed by atoms with Crippen LogP contribution in [0.15, 0.2) is 54.6 Å². The average Bonchev–Trinajstić information content (AvgIpc) is 3.14. The van der Waals surface area contributed by atoms with Gasteiger partial charge in [0.25, 0.3) is 0 Å². The summed E-state index contributed by atoms with van der Waals surface area (Å²) in [6, 6.07) is 17.7. The maximum Gasteiger partial charge on any atom is 0.321 e. The molecule has 1 heterocycles. The third-order valence-corrected chi connectivity index (χ3v) is 5.68. The van der Waals surface area contributed by atoms with Crippen molar-refractivity contribution < 1.29 is 9.90 Å². The van der Waals surface area contributed by atoms with Crippen molar-refractivity contribution in [2.45, 2.75) is 25.4 Å². The number of fused-ring (bicyclic) bond motifs is 1. The lowest BCUT2D eigenvalue weighted by molar-refractivity contribution is 0.0328. The van der Waals surface area contributed by atoms with Crippen LogP contribution in [0.3, 0.4) is 0 Å². The summed E-state index contributed by atoms with van der Waals surface area (Å²) in [5.74, 6) is 0.739. The summed E-state index contributed by atoms with van der Waals surface area (Å²) in [5.41, 5.74) is 2.26. The number of benzene rings is 2. The Bertz CT molecular complexity index is 743. The summed E-state index contributed by atoms with van der Waals surface area (Å²) in [5, 5.41) is 14.0. The highest BCUT2D eigenvalue weighted by atomic mass is 16.3. The quantitative estimate of drug-likeness (QED) is 0.877. The molecule has 2 amide bonds. The van der Waals surface area contributed by atoms with Crippen LogP contribution in [0.4, 0.5) is 10.5 Å². The number of urea groups is 1. The predicted octanol–water partition coefficient (Wildman–Crippen LogP) is 3.76. The fourth-order valence-electron chi connectivity index (χ4n) is 4.34. The summed E-state index contributed by atoms with van der Waals surface area (Å²) in [7, 11) is 0. The number of carbonyl (C=O) groups is 1. The van der Waals surface area contributed by atoms with Crippen LogP contribution in [0.25, 0.3) is 0 Å². The van der Waals surface area contributed by atoms with Gasteiger partial charge in [-0.3, -0.25) is 0 Å². The van der Waals surface area contributed by atoms with E-state index in [9.17, 15) is 9.90 Å². The number of carbonyl (C=O) groups excluding carboxylic acids is 1. The lowest BCUT2D eigenvalue weighted by atomic mass is 9.90. The fourth-order valence-corrected chi connectivity index (χ4v) is 4.34. The fraction of sp³-hybridized carbons (Fsp3) is 0.381. The summed E-state index contributed by atoms with van der Waals surface area (Å²) < 4.78 is 0. The summed E-state index contributed by atoms with van der Waals surface area (Å²) in [4.78, 5) is 14.4. The van der Waals surface area contributed by atoms with Crippen LogP contribution >= 0.6 is 0 Å². The van der Waals surface area contributed by atoms with Gasteiger partial charge >= 0.3 is 6.03 Å². The van der Waals surface area contributed by atoms with Gasteiger partial charge in [0.2, 0.25) is 0 Å². The maximum atomic E-state index is 12.5. The molecule has 0 unspecified atom stereocenters. The van der Waals surface area contributed by atoms with Crippen molar-refractivity contribution in [3.8, 4) is 0 Å². The lowest BCUT2D eigenvalue weighted by Gasteiger charge is -2.26. The van der Waals surface area contributed by atoms with Crippen molar-refractivity contribution >= 4 is 11.7 Å². The second-order valence-electron chi connectivity index (χ2n) is 7.53. The molecule has 1 aliphatic heterocycles. The second-order valence-corrected chi connectivity index (χ2v) is 7.53.